The van der Waals surface area contributed by atoms with Crippen molar-refractivity contribution in [3.05, 3.63) is 46.3 Å². The van der Waals surface area contributed by atoms with Crippen LogP contribution in [0.4, 0.5) is 10.2 Å². The Balaban J connectivity index is 1.43. The summed E-state index contributed by atoms with van der Waals surface area (Å²) in [6.07, 6.45) is 2.89. The first kappa shape index (κ1) is 20.9. The van der Waals surface area contributed by atoms with Crippen LogP contribution in [0.15, 0.2) is 39.5 Å². The summed E-state index contributed by atoms with van der Waals surface area (Å²) in [5.41, 5.74) is 1.04. The molecule has 32 heavy (non-hydrogen) atoms. The first-order chi connectivity index (χ1) is 15.3. The van der Waals surface area contributed by atoms with Crippen LogP contribution in [0.5, 0.6) is 5.75 Å². The van der Waals surface area contributed by atoms with Gasteiger partial charge in [0.1, 0.15) is 23.3 Å². The van der Waals surface area contributed by atoms with Crippen LogP contribution in [-0.2, 0) is 0 Å². The van der Waals surface area contributed by atoms with E-state index in [1.807, 2.05) is 19.0 Å². The zero-order valence-corrected chi connectivity index (χ0v) is 18.5. The van der Waals surface area contributed by atoms with Gasteiger partial charge in [-0.25, -0.2) is 4.39 Å². The van der Waals surface area contributed by atoms with Crippen molar-refractivity contribution in [3.8, 4) is 17.0 Å². The summed E-state index contributed by atoms with van der Waals surface area (Å²) in [5, 5.41) is 19.4. The van der Waals surface area contributed by atoms with Crippen molar-refractivity contribution >= 4 is 16.8 Å². The lowest BCUT2D eigenvalue weighted by Gasteiger charge is -2.51. The Morgan fingerprint density at radius 3 is 2.78 bits per heavy atom. The van der Waals surface area contributed by atoms with Gasteiger partial charge in [-0.05, 0) is 57.5 Å². The van der Waals surface area contributed by atoms with E-state index in [4.69, 9.17) is 4.42 Å². The third-order valence-corrected chi connectivity index (χ3v) is 7.14. The molecule has 4 heterocycles. The van der Waals surface area contributed by atoms with Gasteiger partial charge in [-0.2, -0.15) is 0 Å². The number of aromatic nitrogens is 2. The molecule has 0 aliphatic carbocycles. The fourth-order valence-electron chi connectivity index (χ4n) is 5.29. The number of nitrogens with zero attached hydrogens (tertiary/aromatic N) is 4. The highest BCUT2D eigenvalue weighted by molar-refractivity contribution is 5.85. The Morgan fingerprint density at radius 2 is 2.03 bits per heavy atom. The van der Waals surface area contributed by atoms with E-state index in [9.17, 15) is 9.90 Å². The van der Waals surface area contributed by atoms with Gasteiger partial charge in [0.2, 0.25) is 0 Å². The number of benzene rings is 1. The summed E-state index contributed by atoms with van der Waals surface area (Å²) < 4.78 is 21.0. The van der Waals surface area contributed by atoms with E-state index >= 15 is 4.39 Å². The molecule has 2 unspecified atom stereocenters. The van der Waals surface area contributed by atoms with Gasteiger partial charge in [0.25, 0.3) is 0 Å². The number of hydrogen-bond acceptors (Lipinski definition) is 7. The van der Waals surface area contributed by atoms with Gasteiger partial charge < -0.3 is 14.4 Å². The lowest BCUT2D eigenvalue weighted by molar-refractivity contribution is -0.00672. The third-order valence-electron chi connectivity index (χ3n) is 7.14. The summed E-state index contributed by atoms with van der Waals surface area (Å²) in [4.78, 5) is 16.2. The normalized spacial score (nSPS) is 25.8. The highest BCUT2D eigenvalue weighted by atomic mass is 19.1. The highest BCUT2D eigenvalue weighted by Gasteiger charge is 2.45. The minimum absolute atomic E-state index is 0.0464. The molecule has 0 amide bonds. The van der Waals surface area contributed by atoms with Gasteiger partial charge in [-0.1, -0.05) is 6.42 Å². The molecule has 1 N–H and O–H groups in total. The Kier molecular flexibility index (Phi) is 5.12. The van der Waals surface area contributed by atoms with Crippen molar-refractivity contribution in [2.45, 2.75) is 56.9 Å². The Morgan fingerprint density at radius 1 is 1.22 bits per heavy atom. The maximum absolute atomic E-state index is 15.3. The Labute approximate surface area is 185 Å². The lowest BCUT2D eigenvalue weighted by atomic mass is 9.80. The number of piperidine rings is 2. The molecule has 2 bridgehead atoms. The number of rotatable bonds is 3. The molecule has 8 heteroatoms. The number of aryl methyl sites for hydroxylation is 1. The molecule has 2 aromatic heterocycles. The van der Waals surface area contributed by atoms with Crippen LogP contribution in [0.25, 0.3) is 22.2 Å². The fraction of sp³-hybridized carbons (Fsp3) is 0.458. The van der Waals surface area contributed by atoms with Crippen LogP contribution in [0.1, 0.15) is 31.4 Å². The van der Waals surface area contributed by atoms with Gasteiger partial charge in [0.05, 0.1) is 17.1 Å². The topological polar surface area (TPSA) is 82.7 Å². The molecule has 1 aromatic carbocycles. The summed E-state index contributed by atoms with van der Waals surface area (Å²) in [5.74, 6) is 1.01. The predicted octanol–water partition coefficient (Wildman–Crippen LogP) is 3.66. The lowest BCUT2D eigenvalue weighted by Crippen LogP contribution is -2.62. The fourth-order valence-corrected chi connectivity index (χ4v) is 5.29. The first-order valence-electron chi connectivity index (χ1n) is 11.0. The second-order valence-electron chi connectivity index (χ2n) is 9.04. The Hall–Kier alpha value is -3.00. The van der Waals surface area contributed by atoms with Gasteiger partial charge in [0.15, 0.2) is 11.2 Å². The molecule has 2 aliphatic rings. The predicted molar refractivity (Wildman–Crippen MR) is 121 cm³/mol. The number of alkyl halides is 1. The third kappa shape index (κ3) is 3.43. The van der Waals surface area contributed by atoms with Crippen LogP contribution < -0.4 is 10.3 Å². The average Bonchev–Trinajstić information content (AvgIpc) is 2.76. The molecule has 3 aromatic rings. The molecule has 5 rings (SSSR count). The molecule has 0 radical (unpaired) electrons. The summed E-state index contributed by atoms with van der Waals surface area (Å²) in [6.45, 7) is 1.70. The quantitative estimate of drug-likeness (QED) is 0.668. The summed E-state index contributed by atoms with van der Waals surface area (Å²) in [6, 6.07) is 8.03. The number of anilines is 1. The minimum Gasteiger partial charge on any atom is -0.507 e. The summed E-state index contributed by atoms with van der Waals surface area (Å²) in [7, 11) is 3.90. The van der Waals surface area contributed by atoms with Crippen molar-refractivity contribution < 1.29 is 13.9 Å². The molecule has 4 atom stereocenters. The van der Waals surface area contributed by atoms with E-state index in [-0.39, 0.29) is 23.3 Å². The van der Waals surface area contributed by atoms with Gasteiger partial charge in [0, 0.05) is 30.8 Å². The molecule has 2 saturated heterocycles. The van der Waals surface area contributed by atoms with E-state index in [0.29, 0.717) is 39.8 Å². The summed E-state index contributed by atoms with van der Waals surface area (Å²) >= 11 is 0. The van der Waals surface area contributed by atoms with Crippen LogP contribution in [0, 0.1) is 6.92 Å². The first-order valence-corrected chi connectivity index (χ1v) is 11.0. The minimum atomic E-state index is -0.946. The van der Waals surface area contributed by atoms with E-state index in [0.717, 1.165) is 25.7 Å². The van der Waals surface area contributed by atoms with E-state index in [1.54, 1.807) is 25.1 Å². The standard InChI is InChI=1S/C24H27FN4O3/c1-13-9-20(30)16-11-21(31)15(12-22(16)32-13)17-7-8-23(27-26-17)29(3)19-10-14-5-4-6-18(24(19)25)28(14)2/h7-9,11-12,14,18-19,24,31H,4-6,10H2,1-3H3/t14?,18?,19-,24+/m0/s1. The highest BCUT2D eigenvalue weighted by Crippen LogP contribution is 2.37. The number of halogens is 1. The van der Waals surface area contributed by atoms with Crippen molar-refractivity contribution in [1.29, 1.82) is 0 Å². The van der Waals surface area contributed by atoms with Gasteiger partial charge in [-0.15, -0.1) is 10.2 Å². The monoisotopic (exact) mass is 438 g/mol. The van der Waals surface area contributed by atoms with E-state index < -0.39 is 6.17 Å². The molecule has 7 nitrogen and oxygen atoms in total. The van der Waals surface area contributed by atoms with Crippen molar-refractivity contribution in [3.63, 3.8) is 0 Å². The molecule has 168 valence electrons. The number of hydrogen-bond donors (Lipinski definition) is 1. The molecule has 0 saturated carbocycles. The molecule has 2 fully saturated rings. The van der Waals surface area contributed by atoms with Crippen LogP contribution in [0.3, 0.4) is 0 Å². The zero-order valence-electron chi connectivity index (χ0n) is 18.5. The smallest absolute Gasteiger partial charge is 0.193 e. The maximum atomic E-state index is 15.3. The number of phenols is 1. The zero-order chi connectivity index (χ0) is 22.6. The largest absolute Gasteiger partial charge is 0.507 e. The van der Waals surface area contributed by atoms with E-state index in [2.05, 4.69) is 15.1 Å². The molecule has 0 spiro atoms. The van der Waals surface area contributed by atoms with Crippen molar-refractivity contribution in [2.75, 3.05) is 19.0 Å². The van der Waals surface area contributed by atoms with Crippen molar-refractivity contribution in [1.82, 2.24) is 15.1 Å². The number of fused-ring (bicyclic) bond motifs is 3. The molecular weight excluding hydrogens is 411 g/mol. The SMILES string of the molecule is Cc1cc(=O)c2cc(O)c(-c3ccc(N(C)[C@H]4CC5CCCC([C@H]4F)N5C)nn3)cc2o1. The molecular formula is C24H27FN4O3. The van der Waals surface area contributed by atoms with Crippen molar-refractivity contribution in [2.24, 2.45) is 0 Å². The average molecular weight is 439 g/mol. The molecule has 2 aliphatic heterocycles. The number of aromatic hydroxyl groups is 1. The second kappa shape index (κ2) is 7.85. The Bertz CT molecular complexity index is 1210. The van der Waals surface area contributed by atoms with Crippen LogP contribution in [0.2, 0.25) is 0 Å². The van der Waals surface area contributed by atoms with Gasteiger partial charge >= 0.3 is 0 Å². The maximum Gasteiger partial charge on any atom is 0.193 e. The van der Waals surface area contributed by atoms with Gasteiger partial charge in [-0.3, -0.25) is 9.69 Å². The number of phenolic OH excluding ortho intramolecular Hbond substituents is 1. The second-order valence-corrected chi connectivity index (χ2v) is 9.04. The van der Waals surface area contributed by atoms with Crippen LogP contribution in [-0.4, -0.2) is 58.6 Å². The van der Waals surface area contributed by atoms with Crippen LogP contribution >= 0.6 is 0 Å². The van der Waals surface area contributed by atoms with E-state index in [1.165, 1.54) is 12.1 Å².